The first kappa shape index (κ1) is 14.5. The second-order valence-electron chi connectivity index (χ2n) is 4.39. The van der Waals surface area contributed by atoms with Gasteiger partial charge in [-0.05, 0) is 18.8 Å². The van der Waals surface area contributed by atoms with E-state index >= 15 is 0 Å². The zero-order chi connectivity index (χ0) is 13.4. The number of ether oxygens (including phenoxy) is 2. The third-order valence-corrected chi connectivity index (χ3v) is 2.24. The molecule has 0 atom stereocenters. The summed E-state index contributed by atoms with van der Waals surface area (Å²) in [5.41, 5.74) is 0. The van der Waals surface area contributed by atoms with Crippen molar-refractivity contribution in [2.75, 3.05) is 25.6 Å². The summed E-state index contributed by atoms with van der Waals surface area (Å²) in [6, 6.07) is 0.573. The lowest BCUT2D eigenvalue weighted by Crippen LogP contribution is -2.10. The molecule has 0 aliphatic carbocycles. The van der Waals surface area contributed by atoms with Gasteiger partial charge in [-0.2, -0.15) is 9.97 Å². The maximum atomic E-state index is 5.50. The molecule has 0 radical (unpaired) electrons. The van der Waals surface area contributed by atoms with Crippen LogP contribution in [0.4, 0.5) is 5.95 Å². The molecule has 6 heteroatoms. The Bertz CT molecular complexity index is 358. The molecule has 6 nitrogen and oxygen atoms in total. The number of rotatable bonds is 8. The second kappa shape index (κ2) is 7.68. The van der Waals surface area contributed by atoms with Gasteiger partial charge in [0.1, 0.15) is 0 Å². The molecule has 1 N–H and O–H groups in total. The minimum absolute atomic E-state index is 0.267. The highest BCUT2D eigenvalue weighted by atomic mass is 16.5. The lowest BCUT2D eigenvalue weighted by molar-refractivity contribution is 0.261. The van der Waals surface area contributed by atoms with E-state index in [0.717, 1.165) is 19.4 Å². The maximum Gasteiger partial charge on any atom is 0.324 e. The van der Waals surface area contributed by atoms with Gasteiger partial charge in [-0.3, -0.25) is 0 Å². The zero-order valence-corrected chi connectivity index (χ0v) is 11.6. The van der Waals surface area contributed by atoms with Gasteiger partial charge in [0, 0.05) is 6.54 Å². The van der Waals surface area contributed by atoms with E-state index in [1.54, 1.807) is 0 Å². The van der Waals surface area contributed by atoms with E-state index in [4.69, 9.17) is 9.47 Å². The minimum atomic E-state index is 0.267. The molecule has 0 amide bonds. The molecule has 1 aromatic rings. The highest BCUT2D eigenvalue weighted by Crippen LogP contribution is 2.13. The maximum absolute atomic E-state index is 5.50. The van der Waals surface area contributed by atoms with Crippen LogP contribution >= 0.6 is 0 Å². The monoisotopic (exact) mass is 254 g/mol. The smallest absolute Gasteiger partial charge is 0.324 e. The number of anilines is 1. The minimum Gasteiger partial charge on any atom is -0.467 e. The standard InChI is InChI=1S/C12H22N4O2/c1-5-7-13-10-14-11(17-4)16-12(15-10)18-8-6-9(2)3/h9H,5-8H2,1-4H3,(H,13,14,15,16). The average Bonchev–Trinajstić information content (AvgIpc) is 2.35. The Morgan fingerprint density at radius 2 is 1.89 bits per heavy atom. The molecule has 1 heterocycles. The van der Waals surface area contributed by atoms with Crippen molar-refractivity contribution in [1.82, 2.24) is 15.0 Å². The lowest BCUT2D eigenvalue weighted by atomic mass is 10.1. The molecule has 0 saturated heterocycles. The molecular weight excluding hydrogens is 232 g/mol. The van der Waals surface area contributed by atoms with Crippen LogP contribution in [0.25, 0.3) is 0 Å². The van der Waals surface area contributed by atoms with Crippen molar-refractivity contribution in [3.05, 3.63) is 0 Å². The molecule has 0 aliphatic heterocycles. The number of nitrogens with one attached hydrogen (secondary N) is 1. The van der Waals surface area contributed by atoms with Gasteiger partial charge >= 0.3 is 12.0 Å². The van der Waals surface area contributed by atoms with Gasteiger partial charge < -0.3 is 14.8 Å². The van der Waals surface area contributed by atoms with Gasteiger partial charge in [0.05, 0.1) is 13.7 Å². The Hall–Kier alpha value is -1.59. The fourth-order valence-electron chi connectivity index (χ4n) is 1.20. The predicted molar refractivity (Wildman–Crippen MR) is 70.1 cm³/mol. The number of hydrogen-bond acceptors (Lipinski definition) is 6. The normalized spacial score (nSPS) is 10.5. The first-order valence-electron chi connectivity index (χ1n) is 6.32. The molecule has 0 unspecified atom stereocenters. The summed E-state index contributed by atoms with van der Waals surface area (Å²) in [6.45, 7) is 7.76. The Kier molecular flexibility index (Phi) is 6.18. The van der Waals surface area contributed by atoms with Crippen LogP contribution in [-0.2, 0) is 0 Å². The third kappa shape index (κ3) is 5.16. The Morgan fingerprint density at radius 1 is 1.17 bits per heavy atom. The number of methoxy groups -OCH3 is 1. The quantitative estimate of drug-likeness (QED) is 0.766. The van der Waals surface area contributed by atoms with Crippen molar-refractivity contribution in [3.8, 4) is 12.0 Å². The van der Waals surface area contributed by atoms with Crippen LogP contribution in [0.2, 0.25) is 0 Å². The molecule has 0 aliphatic rings. The van der Waals surface area contributed by atoms with Gasteiger partial charge in [-0.1, -0.05) is 20.8 Å². The highest BCUT2D eigenvalue weighted by Gasteiger charge is 2.07. The van der Waals surface area contributed by atoms with Crippen molar-refractivity contribution < 1.29 is 9.47 Å². The van der Waals surface area contributed by atoms with E-state index in [1.165, 1.54) is 7.11 Å². The fourth-order valence-corrected chi connectivity index (χ4v) is 1.20. The molecule has 1 aromatic heterocycles. The van der Waals surface area contributed by atoms with E-state index < -0.39 is 0 Å². The van der Waals surface area contributed by atoms with Crippen molar-refractivity contribution >= 4 is 5.95 Å². The molecular formula is C12H22N4O2. The summed E-state index contributed by atoms with van der Waals surface area (Å²) in [6.07, 6.45) is 1.96. The van der Waals surface area contributed by atoms with Crippen LogP contribution in [0, 0.1) is 5.92 Å². The van der Waals surface area contributed by atoms with Crippen molar-refractivity contribution in [2.24, 2.45) is 5.92 Å². The van der Waals surface area contributed by atoms with E-state index in [1.807, 2.05) is 0 Å². The van der Waals surface area contributed by atoms with Gasteiger partial charge in [-0.25, -0.2) is 0 Å². The molecule has 0 fully saturated rings. The van der Waals surface area contributed by atoms with Crippen LogP contribution < -0.4 is 14.8 Å². The zero-order valence-electron chi connectivity index (χ0n) is 11.6. The van der Waals surface area contributed by atoms with Gasteiger partial charge in [-0.15, -0.1) is 4.98 Å². The number of hydrogen-bond donors (Lipinski definition) is 1. The lowest BCUT2D eigenvalue weighted by Gasteiger charge is -2.09. The highest BCUT2D eigenvalue weighted by molar-refractivity contribution is 5.27. The van der Waals surface area contributed by atoms with Gasteiger partial charge in [0.15, 0.2) is 0 Å². The summed E-state index contributed by atoms with van der Waals surface area (Å²) in [7, 11) is 1.52. The summed E-state index contributed by atoms with van der Waals surface area (Å²) >= 11 is 0. The molecule has 18 heavy (non-hydrogen) atoms. The summed E-state index contributed by atoms with van der Waals surface area (Å²) < 4.78 is 10.5. The van der Waals surface area contributed by atoms with E-state index in [9.17, 15) is 0 Å². The molecule has 0 spiro atoms. The Morgan fingerprint density at radius 3 is 2.50 bits per heavy atom. The molecule has 0 saturated carbocycles. The SMILES string of the molecule is CCCNc1nc(OC)nc(OCCC(C)C)n1. The van der Waals surface area contributed by atoms with Crippen LogP contribution in [0.1, 0.15) is 33.6 Å². The van der Waals surface area contributed by atoms with E-state index in [-0.39, 0.29) is 6.01 Å². The molecule has 0 aromatic carbocycles. The van der Waals surface area contributed by atoms with Crippen molar-refractivity contribution in [3.63, 3.8) is 0 Å². The Balaban J connectivity index is 2.64. The second-order valence-corrected chi connectivity index (χ2v) is 4.39. The predicted octanol–water partition coefficient (Wildman–Crippen LogP) is 2.13. The van der Waals surface area contributed by atoms with Crippen LogP contribution in [0.5, 0.6) is 12.0 Å². The van der Waals surface area contributed by atoms with Gasteiger partial charge in [0.2, 0.25) is 5.95 Å². The van der Waals surface area contributed by atoms with E-state index in [2.05, 4.69) is 41.0 Å². The summed E-state index contributed by atoms with van der Waals surface area (Å²) in [4.78, 5) is 12.3. The number of nitrogens with zero attached hydrogens (tertiary/aromatic N) is 3. The van der Waals surface area contributed by atoms with Crippen LogP contribution in [0.3, 0.4) is 0 Å². The Labute approximate surface area is 108 Å². The van der Waals surface area contributed by atoms with Gasteiger partial charge in [0.25, 0.3) is 0 Å². The molecule has 1 rings (SSSR count). The topological polar surface area (TPSA) is 69.2 Å². The first-order valence-corrected chi connectivity index (χ1v) is 6.32. The third-order valence-electron chi connectivity index (χ3n) is 2.24. The summed E-state index contributed by atoms with van der Waals surface area (Å²) in [5.74, 6) is 1.08. The van der Waals surface area contributed by atoms with Crippen LogP contribution in [-0.4, -0.2) is 35.2 Å². The van der Waals surface area contributed by atoms with Crippen molar-refractivity contribution in [2.45, 2.75) is 33.6 Å². The summed E-state index contributed by atoms with van der Waals surface area (Å²) in [5, 5.41) is 3.09. The van der Waals surface area contributed by atoms with Crippen LogP contribution in [0.15, 0.2) is 0 Å². The molecule has 102 valence electrons. The largest absolute Gasteiger partial charge is 0.467 e. The average molecular weight is 254 g/mol. The number of aromatic nitrogens is 3. The molecule has 0 bridgehead atoms. The van der Waals surface area contributed by atoms with Crippen molar-refractivity contribution in [1.29, 1.82) is 0 Å². The first-order chi connectivity index (χ1) is 8.65. The van der Waals surface area contributed by atoms with E-state index in [0.29, 0.717) is 24.5 Å². The fraction of sp³-hybridized carbons (Fsp3) is 0.750.